The fourth-order valence-corrected chi connectivity index (χ4v) is 3.52. The summed E-state index contributed by atoms with van der Waals surface area (Å²) >= 11 is 3.41. The summed E-state index contributed by atoms with van der Waals surface area (Å²) in [6, 6.07) is 11.7. The van der Waals surface area contributed by atoms with E-state index in [1.54, 1.807) is 7.11 Å². The van der Waals surface area contributed by atoms with Crippen molar-refractivity contribution >= 4 is 27.7 Å². The number of rotatable bonds is 6. The van der Waals surface area contributed by atoms with Crippen LogP contribution in [0.25, 0.3) is 0 Å². The number of nitrogens with zero attached hydrogens (tertiary/aromatic N) is 3. The third kappa shape index (κ3) is 5.20. The van der Waals surface area contributed by atoms with E-state index in [1.165, 1.54) is 0 Å². The van der Waals surface area contributed by atoms with Crippen molar-refractivity contribution in [2.75, 3.05) is 44.7 Å². The van der Waals surface area contributed by atoms with E-state index in [4.69, 9.17) is 4.74 Å². The molecule has 1 amide bonds. The molecule has 27 heavy (non-hydrogen) atoms. The molecule has 0 spiro atoms. The molecule has 1 aromatic heterocycles. The third-order valence-electron chi connectivity index (χ3n) is 4.76. The highest BCUT2D eigenvalue weighted by atomic mass is 79.9. The Kier molecular flexibility index (Phi) is 6.68. The second-order valence-electron chi connectivity index (χ2n) is 6.63. The molecule has 2 heterocycles. The van der Waals surface area contributed by atoms with Crippen molar-refractivity contribution in [1.82, 2.24) is 15.2 Å². The lowest BCUT2D eigenvalue weighted by Gasteiger charge is -2.35. The Morgan fingerprint density at radius 1 is 1.22 bits per heavy atom. The van der Waals surface area contributed by atoms with Gasteiger partial charge in [0.2, 0.25) is 5.91 Å². The number of ether oxygens (including phenoxy) is 1. The van der Waals surface area contributed by atoms with E-state index in [2.05, 4.69) is 36.0 Å². The first-order chi connectivity index (χ1) is 13.1. The smallest absolute Gasteiger partial charge is 0.234 e. The molecule has 1 fully saturated rings. The summed E-state index contributed by atoms with van der Waals surface area (Å²) in [6.45, 7) is 5.80. The van der Waals surface area contributed by atoms with Crippen molar-refractivity contribution < 1.29 is 9.53 Å². The van der Waals surface area contributed by atoms with Crippen LogP contribution in [0.2, 0.25) is 0 Å². The zero-order chi connectivity index (χ0) is 19.2. The van der Waals surface area contributed by atoms with E-state index in [1.807, 2.05) is 49.5 Å². The number of aromatic nitrogens is 1. The van der Waals surface area contributed by atoms with E-state index < -0.39 is 0 Å². The molecule has 1 atom stereocenters. The molecule has 3 rings (SSSR count). The fraction of sp³-hybridized carbons (Fsp3) is 0.400. The van der Waals surface area contributed by atoms with Gasteiger partial charge in [0.05, 0.1) is 19.7 Å². The van der Waals surface area contributed by atoms with Crippen LogP contribution in [0.5, 0.6) is 5.75 Å². The van der Waals surface area contributed by atoms with Gasteiger partial charge in [-0.05, 0) is 41.1 Å². The number of amides is 1. The van der Waals surface area contributed by atoms with E-state index >= 15 is 0 Å². The summed E-state index contributed by atoms with van der Waals surface area (Å²) in [7, 11) is 1.65. The number of pyridine rings is 1. The molecule has 0 bridgehead atoms. The lowest BCUT2D eigenvalue weighted by atomic mass is 10.1. The maximum Gasteiger partial charge on any atom is 0.234 e. The van der Waals surface area contributed by atoms with E-state index in [0.29, 0.717) is 6.54 Å². The van der Waals surface area contributed by atoms with E-state index in [9.17, 15) is 4.79 Å². The number of para-hydroxylation sites is 1. The van der Waals surface area contributed by atoms with Crippen LogP contribution in [0.1, 0.15) is 18.5 Å². The number of piperazine rings is 1. The van der Waals surface area contributed by atoms with Crippen LogP contribution in [0.3, 0.4) is 0 Å². The molecule has 2 aromatic rings. The number of nitrogens with one attached hydrogen (secondary N) is 1. The van der Waals surface area contributed by atoms with Gasteiger partial charge in [-0.25, -0.2) is 4.98 Å². The minimum Gasteiger partial charge on any atom is -0.496 e. The van der Waals surface area contributed by atoms with Gasteiger partial charge in [0.25, 0.3) is 0 Å². The van der Waals surface area contributed by atoms with Gasteiger partial charge < -0.3 is 15.0 Å². The summed E-state index contributed by atoms with van der Waals surface area (Å²) in [5.41, 5.74) is 0.986. The summed E-state index contributed by atoms with van der Waals surface area (Å²) in [5.74, 6) is 1.80. The second-order valence-corrected chi connectivity index (χ2v) is 7.54. The maximum absolute atomic E-state index is 12.5. The van der Waals surface area contributed by atoms with Gasteiger partial charge in [-0.2, -0.15) is 0 Å². The summed E-state index contributed by atoms with van der Waals surface area (Å²) in [6.07, 6.45) is 1.81. The molecule has 1 saturated heterocycles. The molecule has 7 heteroatoms. The first kappa shape index (κ1) is 19.6. The van der Waals surface area contributed by atoms with Crippen LogP contribution in [-0.2, 0) is 4.79 Å². The Morgan fingerprint density at radius 3 is 2.63 bits per heavy atom. The largest absolute Gasteiger partial charge is 0.496 e. The molecule has 6 nitrogen and oxygen atoms in total. The van der Waals surface area contributed by atoms with Crippen LogP contribution in [0.4, 0.5) is 5.82 Å². The van der Waals surface area contributed by atoms with Crippen molar-refractivity contribution in [3.05, 3.63) is 52.6 Å². The predicted octanol–water partition coefficient (Wildman–Crippen LogP) is 2.85. The molecule has 1 aliphatic rings. The number of hydrogen-bond acceptors (Lipinski definition) is 5. The van der Waals surface area contributed by atoms with Crippen molar-refractivity contribution in [1.29, 1.82) is 0 Å². The Morgan fingerprint density at radius 2 is 1.96 bits per heavy atom. The molecule has 0 aliphatic carbocycles. The number of hydrogen-bond donors (Lipinski definition) is 1. The van der Waals surface area contributed by atoms with Crippen LogP contribution < -0.4 is 15.0 Å². The first-order valence-corrected chi connectivity index (χ1v) is 9.87. The number of anilines is 1. The van der Waals surface area contributed by atoms with Gasteiger partial charge in [0.15, 0.2) is 0 Å². The van der Waals surface area contributed by atoms with Gasteiger partial charge in [-0.1, -0.05) is 18.2 Å². The Labute approximate surface area is 168 Å². The highest BCUT2D eigenvalue weighted by molar-refractivity contribution is 9.10. The first-order valence-electron chi connectivity index (χ1n) is 9.08. The maximum atomic E-state index is 12.5. The number of methoxy groups -OCH3 is 1. The van der Waals surface area contributed by atoms with Crippen molar-refractivity contribution in [3.8, 4) is 5.75 Å². The van der Waals surface area contributed by atoms with Gasteiger partial charge >= 0.3 is 0 Å². The normalized spacial score (nSPS) is 16.0. The zero-order valence-corrected chi connectivity index (χ0v) is 17.3. The molecule has 1 aromatic carbocycles. The Hall–Kier alpha value is -2.12. The second kappa shape index (κ2) is 9.19. The lowest BCUT2D eigenvalue weighted by Crippen LogP contribution is -2.49. The van der Waals surface area contributed by atoms with Gasteiger partial charge in [-0.15, -0.1) is 0 Å². The van der Waals surface area contributed by atoms with Crippen LogP contribution >= 0.6 is 15.9 Å². The molecule has 1 N–H and O–H groups in total. The lowest BCUT2D eigenvalue weighted by molar-refractivity contribution is -0.123. The summed E-state index contributed by atoms with van der Waals surface area (Å²) < 4.78 is 6.36. The quantitative estimate of drug-likeness (QED) is 0.760. The fourth-order valence-electron chi connectivity index (χ4n) is 3.28. The molecule has 0 radical (unpaired) electrons. The highest BCUT2D eigenvalue weighted by Gasteiger charge is 2.21. The van der Waals surface area contributed by atoms with Gasteiger partial charge in [0, 0.05) is 42.4 Å². The average molecular weight is 433 g/mol. The van der Waals surface area contributed by atoms with Crippen LogP contribution in [-0.4, -0.2) is 55.6 Å². The predicted molar refractivity (Wildman–Crippen MR) is 110 cm³/mol. The summed E-state index contributed by atoms with van der Waals surface area (Å²) in [5, 5.41) is 3.08. The molecule has 1 unspecified atom stereocenters. The molecule has 0 saturated carbocycles. The van der Waals surface area contributed by atoms with Crippen LogP contribution in [0, 0.1) is 0 Å². The number of carbonyl (C=O) groups excluding carboxylic acids is 1. The topological polar surface area (TPSA) is 57.7 Å². The van der Waals surface area contributed by atoms with Crippen molar-refractivity contribution in [3.63, 3.8) is 0 Å². The molecular formula is C20H25BrN4O2. The monoisotopic (exact) mass is 432 g/mol. The number of benzene rings is 1. The SMILES string of the molecule is COc1ccccc1C(C)NC(=O)CN1CCN(c2ccc(Br)cn2)CC1. The Bertz CT molecular complexity index is 761. The van der Waals surface area contributed by atoms with Crippen molar-refractivity contribution in [2.24, 2.45) is 0 Å². The minimum absolute atomic E-state index is 0.0311. The third-order valence-corrected chi connectivity index (χ3v) is 5.23. The molecular weight excluding hydrogens is 408 g/mol. The van der Waals surface area contributed by atoms with E-state index in [-0.39, 0.29) is 11.9 Å². The van der Waals surface area contributed by atoms with Crippen LogP contribution in [0.15, 0.2) is 47.1 Å². The zero-order valence-electron chi connectivity index (χ0n) is 15.7. The van der Waals surface area contributed by atoms with E-state index in [0.717, 1.165) is 47.8 Å². The molecule has 1 aliphatic heterocycles. The number of halogens is 1. The average Bonchev–Trinajstić information content (AvgIpc) is 2.69. The highest BCUT2D eigenvalue weighted by Crippen LogP contribution is 2.24. The number of carbonyl (C=O) groups is 1. The standard InChI is InChI=1S/C20H25BrN4O2/c1-15(17-5-3-4-6-18(17)27-2)23-20(26)14-24-9-11-25(12-10-24)19-8-7-16(21)13-22-19/h3-8,13,15H,9-12,14H2,1-2H3,(H,23,26). The molecule has 144 valence electrons. The van der Waals surface area contributed by atoms with Crippen molar-refractivity contribution in [2.45, 2.75) is 13.0 Å². The van der Waals surface area contributed by atoms with Gasteiger partial charge in [0.1, 0.15) is 11.6 Å². The summed E-state index contributed by atoms with van der Waals surface area (Å²) in [4.78, 5) is 21.3. The Balaban J connectivity index is 1.48. The minimum atomic E-state index is -0.0955. The van der Waals surface area contributed by atoms with Gasteiger partial charge in [-0.3, -0.25) is 9.69 Å².